The third kappa shape index (κ3) is 2.67. The average molecular weight is 323 g/mol. The molecule has 2 heterocycles. The quantitative estimate of drug-likeness (QED) is 0.743. The van der Waals surface area contributed by atoms with Crippen LogP contribution < -0.4 is 10.3 Å². The van der Waals surface area contributed by atoms with Gasteiger partial charge in [-0.25, -0.2) is 4.39 Å². The first-order valence-electron chi connectivity index (χ1n) is 7.65. The third-order valence-electron chi connectivity index (χ3n) is 4.05. The number of rotatable bonds is 3. The molecule has 2 aromatic carbocycles. The minimum Gasteiger partial charge on any atom is -0.489 e. The number of hydrogen-bond acceptors (Lipinski definition) is 4. The van der Waals surface area contributed by atoms with Gasteiger partial charge in [-0.3, -0.25) is 9.36 Å². The van der Waals surface area contributed by atoms with E-state index in [-0.39, 0.29) is 11.4 Å². The lowest BCUT2D eigenvalue weighted by atomic mass is 10.0. The molecule has 24 heavy (non-hydrogen) atoms. The fraction of sp³-hybridized carbons (Fsp3) is 0.167. The van der Waals surface area contributed by atoms with Gasteiger partial charge in [-0.1, -0.05) is 12.1 Å². The zero-order chi connectivity index (χ0) is 16.5. The molecule has 0 spiro atoms. The Morgan fingerprint density at radius 3 is 2.79 bits per heavy atom. The maximum absolute atomic E-state index is 12.9. The Balaban J connectivity index is 1.59. The first-order chi connectivity index (χ1) is 11.7. The van der Waals surface area contributed by atoms with E-state index in [9.17, 15) is 9.18 Å². The fourth-order valence-corrected chi connectivity index (χ4v) is 2.86. The summed E-state index contributed by atoms with van der Waals surface area (Å²) in [4.78, 5) is 12.0. The van der Waals surface area contributed by atoms with E-state index in [1.807, 2.05) is 18.2 Å². The molecule has 1 aliphatic rings. The number of fused-ring (bicyclic) bond motifs is 3. The van der Waals surface area contributed by atoms with E-state index in [0.29, 0.717) is 18.9 Å². The van der Waals surface area contributed by atoms with E-state index in [1.54, 1.807) is 16.7 Å². The van der Waals surface area contributed by atoms with E-state index in [0.717, 1.165) is 29.0 Å². The molecule has 0 saturated heterocycles. The van der Waals surface area contributed by atoms with Crippen LogP contribution in [0.15, 0.2) is 53.5 Å². The monoisotopic (exact) mass is 323 g/mol. The van der Waals surface area contributed by atoms with E-state index in [1.165, 1.54) is 18.3 Å². The van der Waals surface area contributed by atoms with Crippen molar-refractivity contribution in [3.05, 3.63) is 81.8 Å². The van der Waals surface area contributed by atoms with Crippen LogP contribution >= 0.6 is 0 Å². The number of hydrogen-bond donors (Lipinski definition) is 0. The van der Waals surface area contributed by atoms with Gasteiger partial charge in [0.05, 0.1) is 5.69 Å². The Morgan fingerprint density at radius 1 is 1.12 bits per heavy atom. The van der Waals surface area contributed by atoms with Crippen molar-refractivity contribution in [3.8, 4) is 11.4 Å². The standard InChI is InChI=1S/C18H14FN3O2/c19-14-4-1-12(2-5-14)11-24-15-6-7-16-13(9-15)3-8-17-21-20-10-18(23)22(16)17/h1-2,4-7,9-10H,3,8,11H2. The van der Waals surface area contributed by atoms with Gasteiger partial charge < -0.3 is 4.74 Å². The molecule has 1 aromatic heterocycles. The fourth-order valence-electron chi connectivity index (χ4n) is 2.86. The number of aryl methyl sites for hydroxylation is 2. The van der Waals surface area contributed by atoms with Gasteiger partial charge in [0, 0.05) is 6.42 Å². The predicted molar refractivity (Wildman–Crippen MR) is 85.8 cm³/mol. The number of halogens is 1. The summed E-state index contributed by atoms with van der Waals surface area (Å²) < 4.78 is 20.3. The van der Waals surface area contributed by atoms with Crippen LogP contribution in [0.3, 0.4) is 0 Å². The van der Waals surface area contributed by atoms with Crippen LogP contribution in [0.2, 0.25) is 0 Å². The molecule has 0 amide bonds. The zero-order valence-electron chi connectivity index (χ0n) is 12.8. The lowest BCUT2D eigenvalue weighted by Gasteiger charge is -2.20. The van der Waals surface area contributed by atoms with Gasteiger partial charge in [0.25, 0.3) is 5.56 Å². The highest BCUT2D eigenvalue weighted by Gasteiger charge is 2.18. The van der Waals surface area contributed by atoms with Crippen molar-refractivity contribution in [1.82, 2.24) is 14.8 Å². The molecule has 0 atom stereocenters. The highest BCUT2D eigenvalue weighted by atomic mass is 19.1. The van der Waals surface area contributed by atoms with Crippen LogP contribution in [-0.4, -0.2) is 14.8 Å². The largest absolute Gasteiger partial charge is 0.489 e. The Labute approximate surface area is 137 Å². The number of benzene rings is 2. The molecule has 0 N–H and O–H groups in total. The van der Waals surface area contributed by atoms with E-state index in [4.69, 9.17) is 4.74 Å². The minimum absolute atomic E-state index is 0.180. The first kappa shape index (κ1) is 14.6. The predicted octanol–water partition coefficient (Wildman–Crippen LogP) is 2.44. The lowest BCUT2D eigenvalue weighted by Crippen LogP contribution is -2.28. The molecule has 4 rings (SSSR count). The number of nitrogens with zero attached hydrogens (tertiary/aromatic N) is 3. The van der Waals surface area contributed by atoms with Gasteiger partial charge in [-0.05, 0) is 47.9 Å². The van der Waals surface area contributed by atoms with Crippen molar-refractivity contribution in [2.45, 2.75) is 19.4 Å². The Bertz CT molecular complexity index is 951. The molecule has 0 saturated carbocycles. The second-order valence-corrected chi connectivity index (χ2v) is 5.64. The van der Waals surface area contributed by atoms with Crippen molar-refractivity contribution in [2.24, 2.45) is 0 Å². The van der Waals surface area contributed by atoms with Gasteiger partial charge in [0.2, 0.25) is 0 Å². The van der Waals surface area contributed by atoms with Gasteiger partial charge in [-0.15, -0.1) is 5.10 Å². The van der Waals surface area contributed by atoms with E-state index < -0.39 is 0 Å². The summed E-state index contributed by atoms with van der Waals surface area (Å²) in [7, 11) is 0. The SMILES string of the molecule is O=c1cnnc2n1-c1ccc(OCc3ccc(F)cc3)cc1CC2. The Kier molecular flexibility index (Phi) is 3.57. The summed E-state index contributed by atoms with van der Waals surface area (Å²) in [5.74, 6) is 1.13. The number of ether oxygens (including phenoxy) is 1. The maximum Gasteiger partial charge on any atom is 0.276 e. The van der Waals surface area contributed by atoms with Crippen molar-refractivity contribution in [1.29, 1.82) is 0 Å². The second-order valence-electron chi connectivity index (χ2n) is 5.64. The van der Waals surface area contributed by atoms with Crippen LogP contribution in [0.25, 0.3) is 5.69 Å². The topological polar surface area (TPSA) is 57.0 Å². The molecule has 0 unspecified atom stereocenters. The molecule has 0 radical (unpaired) electrons. The van der Waals surface area contributed by atoms with Crippen molar-refractivity contribution >= 4 is 0 Å². The van der Waals surface area contributed by atoms with Crippen LogP contribution in [0.1, 0.15) is 17.0 Å². The molecule has 1 aliphatic heterocycles. The summed E-state index contributed by atoms with van der Waals surface area (Å²) in [6, 6.07) is 11.8. The molecule has 0 fully saturated rings. The molecular weight excluding hydrogens is 309 g/mol. The molecule has 6 heteroatoms. The molecule has 0 bridgehead atoms. The van der Waals surface area contributed by atoms with Gasteiger partial charge >= 0.3 is 0 Å². The Morgan fingerprint density at radius 2 is 1.96 bits per heavy atom. The highest BCUT2D eigenvalue weighted by molar-refractivity contribution is 5.48. The summed E-state index contributed by atoms with van der Waals surface area (Å²) in [6.45, 7) is 0.362. The van der Waals surface area contributed by atoms with Crippen LogP contribution in [-0.2, 0) is 19.4 Å². The van der Waals surface area contributed by atoms with E-state index >= 15 is 0 Å². The average Bonchev–Trinajstić information content (AvgIpc) is 2.61. The van der Waals surface area contributed by atoms with Gasteiger partial charge in [-0.2, -0.15) is 5.10 Å². The lowest BCUT2D eigenvalue weighted by molar-refractivity contribution is 0.305. The number of aromatic nitrogens is 3. The van der Waals surface area contributed by atoms with E-state index in [2.05, 4.69) is 10.2 Å². The normalized spacial score (nSPS) is 12.4. The van der Waals surface area contributed by atoms with Crippen LogP contribution in [0.5, 0.6) is 5.75 Å². The van der Waals surface area contributed by atoms with Crippen LogP contribution in [0, 0.1) is 5.82 Å². The summed E-state index contributed by atoms with van der Waals surface area (Å²) in [5.41, 5.74) is 2.58. The molecule has 120 valence electrons. The summed E-state index contributed by atoms with van der Waals surface area (Å²) in [5, 5.41) is 7.76. The van der Waals surface area contributed by atoms with Crippen molar-refractivity contribution in [2.75, 3.05) is 0 Å². The van der Waals surface area contributed by atoms with Crippen LogP contribution in [0.4, 0.5) is 4.39 Å². The molecule has 5 nitrogen and oxygen atoms in total. The molecular formula is C18H14FN3O2. The smallest absolute Gasteiger partial charge is 0.276 e. The summed E-state index contributed by atoms with van der Waals surface area (Å²) >= 11 is 0. The van der Waals surface area contributed by atoms with Gasteiger partial charge in [0.15, 0.2) is 0 Å². The van der Waals surface area contributed by atoms with Gasteiger partial charge in [0.1, 0.15) is 30.2 Å². The highest BCUT2D eigenvalue weighted by Crippen LogP contribution is 2.26. The first-order valence-corrected chi connectivity index (χ1v) is 7.65. The summed E-state index contributed by atoms with van der Waals surface area (Å²) in [6.07, 6.45) is 2.66. The third-order valence-corrected chi connectivity index (χ3v) is 4.05. The minimum atomic E-state index is -0.264. The molecule has 0 aliphatic carbocycles. The maximum atomic E-state index is 12.9. The Hall–Kier alpha value is -3.02. The van der Waals surface area contributed by atoms with Crippen molar-refractivity contribution in [3.63, 3.8) is 0 Å². The molecule has 3 aromatic rings. The zero-order valence-corrected chi connectivity index (χ0v) is 12.8. The van der Waals surface area contributed by atoms with Crippen molar-refractivity contribution < 1.29 is 9.13 Å². The second kappa shape index (κ2) is 5.88.